The van der Waals surface area contributed by atoms with Gasteiger partial charge in [-0.25, -0.2) is 4.39 Å². The number of hydrogen-bond donors (Lipinski definition) is 1. The molecule has 0 aliphatic carbocycles. The van der Waals surface area contributed by atoms with E-state index in [0.29, 0.717) is 12.0 Å². The van der Waals surface area contributed by atoms with Crippen LogP contribution in [-0.4, -0.2) is 16.8 Å². The summed E-state index contributed by atoms with van der Waals surface area (Å²) < 4.78 is 15.9. The normalized spacial score (nSPS) is 12.7. The Bertz CT molecular complexity index is 622. The fraction of sp³-hybridized carbons (Fsp3) is 0.400. The molecule has 1 N–H and O–H groups in total. The first-order valence-corrected chi connectivity index (χ1v) is 6.93. The van der Waals surface area contributed by atoms with Gasteiger partial charge in [0.1, 0.15) is 5.82 Å². The lowest BCUT2D eigenvalue weighted by Crippen LogP contribution is -2.21. The SMILES string of the molecule is CNC(Cc1cccc(Cl)c1F)c1c(C)nn(C)c1C. The molecule has 0 aliphatic rings. The molecule has 0 radical (unpaired) electrons. The minimum Gasteiger partial charge on any atom is -0.313 e. The van der Waals surface area contributed by atoms with E-state index in [2.05, 4.69) is 10.4 Å². The lowest BCUT2D eigenvalue weighted by Gasteiger charge is -2.18. The Morgan fingerprint density at radius 2 is 2.10 bits per heavy atom. The molecule has 3 nitrogen and oxygen atoms in total. The van der Waals surface area contributed by atoms with Gasteiger partial charge in [0.15, 0.2) is 0 Å². The largest absolute Gasteiger partial charge is 0.313 e. The predicted molar refractivity (Wildman–Crippen MR) is 79.6 cm³/mol. The highest BCUT2D eigenvalue weighted by Crippen LogP contribution is 2.27. The Labute approximate surface area is 123 Å². The summed E-state index contributed by atoms with van der Waals surface area (Å²) in [6.07, 6.45) is 0.538. The molecule has 1 aromatic heterocycles. The molecular weight excluding hydrogens is 277 g/mol. The zero-order chi connectivity index (χ0) is 14.9. The van der Waals surface area contributed by atoms with Gasteiger partial charge in [0.2, 0.25) is 0 Å². The van der Waals surface area contributed by atoms with Gasteiger partial charge >= 0.3 is 0 Å². The minimum absolute atomic E-state index is 0.0108. The van der Waals surface area contributed by atoms with Crippen LogP contribution in [0.4, 0.5) is 4.39 Å². The number of benzene rings is 1. The molecule has 0 aliphatic heterocycles. The Kier molecular flexibility index (Phi) is 4.45. The molecule has 20 heavy (non-hydrogen) atoms. The highest BCUT2D eigenvalue weighted by atomic mass is 35.5. The highest BCUT2D eigenvalue weighted by Gasteiger charge is 2.20. The fourth-order valence-electron chi connectivity index (χ4n) is 2.57. The number of aryl methyl sites for hydroxylation is 2. The van der Waals surface area contributed by atoms with Crippen LogP contribution in [0.25, 0.3) is 0 Å². The van der Waals surface area contributed by atoms with E-state index in [1.165, 1.54) is 0 Å². The van der Waals surface area contributed by atoms with Crippen molar-refractivity contribution in [2.75, 3.05) is 7.05 Å². The summed E-state index contributed by atoms with van der Waals surface area (Å²) in [4.78, 5) is 0. The maximum Gasteiger partial charge on any atom is 0.145 e. The van der Waals surface area contributed by atoms with E-state index in [1.807, 2.05) is 32.6 Å². The summed E-state index contributed by atoms with van der Waals surface area (Å²) in [5, 5.41) is 7.83. The average Bonchev–Trinajstić information content (AvgIpc) is 2.66. The number of likely N-dealkylation sites (N-methyl/N-ethyl adjacent to an activating group) is 1. The molecule has 1 atom stereocenters. The summed E-state index contributed by atoms with van der Waals surface area (Å²) in [6, 6.07) is 5.12. The molecule has 0 fully saturated rings. The van der Waals surface area contributed by atoms with Crippen molar-refractivity contribution in [1.82, 2.24) is 15.1 Å². The van der Waals surface area contributed by atoms with Gasteiger partial charge in [-0.05, 0) is 38.9 Å². The molecule has 0 amide bonds. The molecule has 5 heteroatoms. The third-order valence-corrected chi connectivity index (χ3v) is 4.01. The molecule has 0 saturated heterocycles. The first-order valence-electron chi connectivity index (χ1n) is 6.56. The second kappa shape index (κ2) is 5.94. The van der Waals surface area contributed by atoms with Crippen molar-refractivity contribution in [3.05, 3.63) is 51.6 Å². The zero-order valence-corrected chi connectivity index (χ0v) is 12.9. The minimum atomic E-state index is -0.339. The van der Waals surface area contributed by atoms with Crippen LogP contribution in [0.2, 0.25) is 5.02 Å². The lowest BCUT2D eigenvalue weighted by molar-refractivity contribution is 0.550. The average molecular weight is 296 g/mol. The van der Waals surface area contributed by atoms with Crippen molar-refractivity contribution in [3.63, 3.8) is 0 Å². The molecule has 2 aromatic rings. The first-order chi connectivity index (χ1) is 9.45. The van der Waals surface area contributed by atoms with Crippen LogP contribution in [0.1, 0.15) is 28.6 Å². The molecule has 2 rings (SSSR count). The van der Waals surface area contributed by atoms with Gasteiger partial charge in [0.05, 0.1) is 10.7 Å². The molecule has 108 valence electrons. The van der Waals surface area contributed by atoms with Gasteiger partial charge in [-0.2, -0.15) is 5.10 Å². The van der Waals surface area contributed by atoms with Crippen molar-refractivity contribution in [1.29, 1.82) is 0 Å². The summed E-state index contributed by atoms with van der Waals surface area (Å²) in [5.74, 6) is -0.339. The second-order valence-electron chi connectivity index (χ2n) is 4.97. The molecule has 1 unspecified atom stereocenters. The van der Waals surface area contributed by atoms with Crippen molar-refractivity contribution in [2.24, 2.45) is 7.05 Å². The smallest absolute Gasteiger partial charge is 0.145 e. The van der Waals surface area contributed by atoms with E-state index in [-0.39, 0.29) is 16.9 Å². The molecule has 0 saturated carbocycles. The maximum absolute atomic E-state index is 14.0. The van der Waals surface area contributed by atoms with E-state index >= 15 is 0 Å². The number of aromatic nitrogens is 2. The van der Waals surface area contributed by atoms with E-state index in [0.717, 1.165) is 17.0 Å². The van der Waals surface area contributed by atoms with Crippen LogP contribution in [0.5, 0.6) is 0 Å². The topological polar surface area (TPSA) is 29.9 Å². The number of rotatable bonds is 4. The van der Waals surface area contributed by atoms with E-state index < -0.39 is 0 Å². The van der Waals surface area contributed by atoms with Crippen LogP contribution in [-0.2, 0) is 13.5 Å². The van der Waals surface area contributed by atoms with Crippen LogP contribution >= 0.6 is 11.6 Å². The van der Waals surface area contributed by atoms with Crippen LogP contribution in [0.3, 0.4) is 0 Å². The third kappa shape index (κ3) is 2.72. The van der Waals surface area contributed by atoms with Gasteiger partial charge in [0.25, 0.3) is 0 Å². The molecule has 1 heterocycles. The van der Waals surface area contributed by atoms with Crippen molar-refractivity contribution in [3.8, 4) is 0 Å². The number of nitrogens with zero attached hydrogens (tertiary/aromatic N) is 2. The summed E-state index contributed by atoms with van der Waals surface area (Å²) >= 11 is 5.84. The highest BCUT2D eigenvalue weighted by molar-refractivity contribution is 6.30. The Morgan fingerprint density at radius 3 is 2.65 bits per heavy atom. The lowest BCUT2D eigenvalue weighted by atomic mass is 9.97. The summed E-state index contributed by atoms with van der Waals surface area (Å²) in [6.45, 7) is 4.00. The quantitative estimate of drug-likeness (QED) is 0.937. The maximum atomic E-state index is 14.0. The summed E-state index contributed by atoms with van der Waals surface area (Å²) in [5.41, 5.74) is 3.78. The monoisotopic (exact) mass is 295 g/mol. The van der Waals surface area contributed by atoms with Crippen LogP contribution in [0.15, 0.2) is 18.2 Å². The first kappa shape index (κ1) is 15.0. The molecule has 0 bridgehead atoms. The number of nitrogens with one attached hydrogen (secondary N) is 1. The summed E-state index contributed by atoms with van der Waals surface area (Å²) in [7, 11) is 3.79. The zero-order valence-electron chi connectivity index (χ0n) is 12.2. The number of halogens is 2. The van der Waals surface area contributed by atoms with Crippen LogP contribution < -0.4 is 5.32 Å². The van der Waals surface area contributed by atoms with E-state index in [1.54, 1.807) is 18.2 Å². The van der Waals surface area contributed by atoms with Crippen molar-refractivity contribution >= 4 is 11.6 Å². The van der Waals surface area contributed by atoms with E-state index in [4.69, 9.17) is 11.6 Å². The van der Waals surface area contributed by atoms with Crippen molar-refractivity contribution in [2.45, 2.75) is 26.3 Å². The van der Waals surface area contributed by atoms with Gasteiger partial charge < -0.3 is 5.32 Å². The second-order valence-corrected chi connectivity index (χ2v) is 5.37. The fourth-order valence-corrected chi connectivity index (χ4v) is 2.76. The standard InChI is InChI=1S/C15H19ClFN3/c1-9-14(10(2)20(4)19-9)13(18-3)8-11-6-5-7-12(16)15(11)17/h5-7,13,18H,8H2,1-4H3. The predicted octanol–water partition coefficient (Wildman–Crippen LogP) is 3.33. The van der Waals surface area contributed by atoms with Crippen LogP contribution in [0, 0.1) is 19.7 Å². The van der Waals surface area contributed by atoms with Crippen molar-refractivity contribution < 1.29 is 4.39 Å². The Morgan fingerprint density at radius 1 is 1.40 bits per heavy atom. The van der Waals surface area contributed by atoms with Gasteiger partial charge in [0, 0.05) is 24.3 Å². The Hall–Kier alpha value is -1.39. The molecule has 1 aromatic carbocycles. The third-order valence-electron chi connectivity index (χ3n) is 3.72. The van der Waals surface area contributed by atoms with Gasteiger partial charge in [-0.1, -0.05) is 23.7 Å². The molecule has 0 spiro atoms. The van der Waals surface area contributed by atoms with E-state index in [9.17, 15) is 4.39 Å². The van der Waals surface area contributed by atoms with Gasteiger partial charge in [-0.3, -0.25) is 4.68 Å². The number of hydrogen-bond acceptors (Lipinski definition) is 2. The Balaban J connectivity index is 2.36. The molecular formula is C15H19ClFN3. The van der Waals surface area contributed by atoms with Gasteiger partial charge in [-0.15, -0.1) is 0 Å².